The molecule has 0 bridgehead atoms. The first-order valence-corrected chi connectivity index (χ1v) is 8.43. The Morgan fingerprint density at radius 2 is 1.41 bits per heavy atom. The highest BCUT2D eigenvalue weighted by Gasteiger charge is 2.41. The quantitative estimate of drug-likeness (QED) is 0.647. The number of rotatable bonds is 5. The van der Waals surface area contributed by atoms with Crippen LogP contribution in [0.4, 0.5) is 5.69 Å². The van der Waals surface area contributed by atoms with Crippen LogP contribution in [0.25, 0.3) is 0 Å². The van der Waals surface area contributed by atoms with Crippen molar-refractivity contribution in [1.82, 2.24) is 4.90 Å². The maximum Gasteiger partial charge on any atom is 0.329 e. The van der Waals surface area contributed by atoms with Crippen LogP contribution in [0.2, 0.25) is 0 Å². The number of hydrogen-bond acceptors (Lipinski definition) is 5. The van der Waals surface area contributed by atoms with Gasteiger partial charge in [-0.05, 0) is 38.1 Å². The molecule has 2 atom stereocenters. The normalized spacial score (nSPS) is 15.1. The summed E-state index contributed by atoms with van der Waals surface area (Å²) >= 11 is 0. The van der Waals surface area contributed by atoms with Crippen molar-refractivity contribution in [1.29, 1.82) is 0 Å². The molecule has 1 N–H and O–H groups in total. The lowest BCUT2D eigenvalue weighted by Crippen LogP contribution is -2.45. The molecule has 3 rings (SSSR count). The molecule has 0 saturated carbocycles. The Balaban J connectivity index is 1.65. The second kappa shape index (κ2) is 7.41. The smallest absolute Gasteiger partial charge is 0.329 e. The van der Waals surface area contributed by atoms with Crippen LogP contribution in [0.15, 0.2) is 54.6 Å². The lowest BCUT2D eigenvalue weighted by atomic mass is 10.1. The van der Waals surface area contributed by atoms with E-state index in [2.05, 4.69) is 5.32 Å². The largest absolute Gasteiger partial charge is 0.451 e. The third kappa shape index (κ3) is 3.57. The fourth-order valence-corrected chi connectivity index (χ4v) is 2.76. The molecule has 1 heterocycles. The minimum absolute atomic E-state index is 0.247. The fraction of sp³-hybridized carbons (Fsp3) is 0.200. The van der Waals surface area contributed by atoms with Gasteiger partial charge in [0.15, 0.2) is 6.10 Å². The Morgan fingerprint density at radius 1 is 0.889 bits per heavy atom. The van der Waals surface area contributed by atoms with Crippen molar-refractivity contribution in [2.45, 2.75) is 26.0 Å². The van der Waals surface area contributed by atoms with E-state index in [4.69, 9.17) is 4.74 Å². The van der Waals surface area contributed by atoms with Crippen LogP contribution in [0.3, 0.4) is 0 Å². The number of ether oxygens (including phenoxy) is 1. The average molecular weight is 366 g/mol. The number of nitrogens with zero attached hydrogens (tertiary/aromatic N) is 1. The average Bonchev–Trinajstić information content (AvgIpc) is 2.93. The molecule has 1 aliphatic rings. The monoisotopic (exact) mass is 366 g/mol. The highest BCUT2D eigenvalue weighted by atomic mass is 16.5. The minimum Gasteiger partial charge on any atom is -0.451 e. The molecule has 138 valence electrons. The van der Waals surface area contributed by atoms with Crippen LogP contribution < -0.4 is 5.32 Å². The van der Waals surface area contributed by atoms with Gasteiger partial charge in [-0.2, -0.15) is 0 Å². The van der Waals surface area contributed by atoms with E-state index in [9.17, 15) is 19.2 Å². The molecular formula is C20H18N2O5. The van der Waals surface area contributed by atoms with Crippen LogP contribution >= 0.6 is 0 Å². The predicted molar refractivity (Wildman–Crippen MR) is 97.0 cm³/mol. The molecule has 0 unspecified atom stereocenters. The van der Waals surface area contributed by atoms with E-state index in [-0.39, 0.29) is 11.1 Å². The molecule has 1 aliphatic heterocycles. The van der Waals surface area contributed by atoms with E-state index in [0.717, 1.165) is 4.90 Å². The standard InChI is InChI=1S/C20H18N2O5/c1-12(22-18(24)15-10-6-7-11-16(15)19(22)25)20(26)27-13(2)17(23)21-14-8-4-3-5-9-14/h3-13H,1-2H3,(H,21,23)/t12-,13+/m0/s1. The number of nitrogens with one attached hydrogen (secondary N) is 1. The van der Waals surface area contributed by atoms with E-state index < -0.39 is 35.8 Å². The SMILES string of the molecule is C[C@@H](OC(=O)[C@H](C)N1C(=O)c2ccccc2C1=O)C(=O)Nc1ccccc1. The number of benzene rings is 2. The maximum atomic E-state index is 12.4. The third-order valence-corrected chi connectivity index (χ3v) is 4.26. The molecule has 0 aliphatic carbocycles. The Bertz CT molecular complexity index is 875. The first-order chi connectivity index (χ1) is 12.9. The van der Waals surface area contributed by atoms with Crippen LogP contribution in [-0.4, -0.2) is 40.7 Å². The van der Waals surface area contributed by atoms with Gasteiger partial charge in [-0.15, -0.1) is 0 Å². The van der Waals surface area contributed by atoms with Gasteiger partial charge in [0, 0.05) is 5.69 Å². The third-order valence-electron chi connectivity index (χ3n) is 4.26. The molecular weight excluding hydrogens is 348 g/mol. The molecule has 7 nitrogen and oxygen atoms in total. The molecule has 0 aromatic heterocycles. The molecule has 3 amide bonds. The summed E-state index contributed by atoms with van der Waals surface area (Å²) in [6.07, 6.45) is -1.09. The molecule has 0 fully saturated rings. The van der Waals surface area contributed by atoms with Crippen LogP contribution in [-0.2, 0) is 14.3 Å². The zero-order valence-electron chi connectivity index (χ0n) is 14.8. The van der Waals surface area contributed by atoms with Crippen molar-refractivity contribution in [3.05, 3.63) is 65.7 Å². The first-order valence-electron chi connectivity index (χ1n) is 8.43. The van der Waals surface area contributed by atoms with Gasteiger partial charge in [0.2, 0.25) is 0 Å². The van der Waals surface area contributed by atoms with Crippen LogP contribution in [0.5, 0.6) is 0 Å². The van der Waals surface area contributed by atoms with Crippen molar-refractivity contribution >= 4 is 29.4 Å². The van der Waals surface area contributed by atoms with E-state index in [1.54, 1.807) is 36.4 Å². The number of esters is 1. The number of anilines is 1. The van der Waals surface area contributed by atoms with E-state index >= 15 is 0 Å². The van der Waals surface area contributed by atoms with E-state index in [1.165, 1.54) is 26.0 Å². The number of carbonyl (C=O) groups excluding carboxylic acids is 4. The molecule has 27 heavy (non-hydrogen) atoms. The topological polar surface area (TPSA) is 92.8 Å². The zero-order chi connectivity index (χ0) is 19.6. The van der Waals surface area contributed by atoms with Crippen molar-refractivity contribution in [2.75, 3.05) is 5.32 Å². The van der Waals surface area contributed by atoms with E-state index in [1.807, 2.05) is 6.07 Å². The van der Waals surface area contributed by atoms with Gasteiger partial charge in [0.1, 0.15) is 6.04 Å². The van der Waals surface area contributed by atoms with Crippen LogP contribution in [0.1, 0.15) is 34.6 Å². The number of imide groups is 1. The van der Waals surface area contributed by atoms with Crippen LogP contribution in [0, 0.1) is 0 Å². The highest BCUT2D eigenvalue weighted by molar-refractivity contribution is 6.22. The van der Waals surface area contributed by atoms with Gasteiger partial charge < -0.3 is 10.1 Å². The highest BCUT2D eigenvalue weighted by Crippen LogP contribution is 2.25. The Morgan fingerprint density at radius 3 is 1.96 bits per heavy atom. The van der Waals surface area contributed by atoms with Crippen molar-refractivity contribution in [3.8, 4) is 0 Å². The van der Waals surface area contributed by atoms with Gasteiger partial charge in [-0.3, -0.25) is 19.3 Å². The summed E-state index contributed by atoms with van der Waals surface area (Å²) in [4.78, 5) is 50.3. The summed E-state index contributed by atoms with van der Waals surface area (Å²) < 4.78 is 5.16. The Hall–Kier alpha value is -3.48. The minimum atomic E-state index is -1.15. The molecule has 2 aromatic carbocycles. The number of para-hydroxylation sites is 1. The van der Waals surface area contributed by atoms with Crippen molar-refractivity contribution < 1.29 is 23.9 Å². The lowest BCUT2D eigenvalue weighted by molar-refractivity contribution is -0.156. The lowest BCUT2D eigenvalue weighted by Gasteiger charge is -2.22. The van der Waals surface area contributed by atoms with Gasteiger partial charge in [-0.25, -0.2) is 4.79 Å². The second-order valence-electron chi connectivity index (χ2n) is 6.14. The molecule has 0 saturated heterocycles. The maximum absolute atomic E-state index is 12.4. The first kappa shape index (κ1) is 18.3. The summed E-state index contributed by atoms with van der Waals surface area (Å²) in [5.74, 6) is -2.45. The van der Waals surface area contributed by atoms with Gasteiger partial charge >= 0.3 is 5.97 Å². The van der Waals surface area contributed by atoms with E-state index in [0.29, 0.717) is 5.69 Å². The molecule has 2 aromatic rings. The number of amides is 3. The number of hydrogen-bond donors (Lipinski definition) is 1. The summed E-state index contributed by atoms with van der Waals surface area (Å²) in [5, 5.41) is 2.62. The summed E-state index contributed by atoms with van der Waals surface area (Å²) in [6, 6.07) is 13.9. The number of fused-ring (bicyclic) bond motifs is 1. The summed E-state index contributed by atoms with van der Waals surface area (Å²) in [6.45, 7) is 2.82. The predicted octanol–water partition coefficient (Wildman–Crippen LogP) is 2.24. The molecule has 0 radical (unpaired) electrons. The Labute approximate surface area is 155 Å². The van der Waals surface area contributed by atoms with Gasteiger partial charge in [-0.1, -0.05) is 30.3 Å². The fourth-order valence-electron chi connectivity index (χ4n) is 2.76. The van der Waals surface area contributed by atoms with Crippen molar-refractivity contribution in [2.24, 2.45) is 0 Å². The number of carbonyl (C=O) groups is 4. The second-order valence-corrected chi connectivity index (χ2v) is 6.14. The van der Waals surface area contributed by atoms with Crippen molar-refractivity contribution in [3.63, 3.8) is 0 Å². The molecule has 0 spiro atoms. The van der Waals surface area contributed by atoms with Gasteiger partial charge in [0.25, 0.3) is 17.7 Å². The molecule has 7 heteroatoms. The zero-order valence-corrected chi connectivity index (χ0v) is 14.8. The summed E-state index contributed by atoms with van der Waals surface area (Å²) in [7, 11) is 0. The van der Waals surface area contributed by atoms with Gasteiger partial charge in [0.05, 0.1) is 11.1 Å². The summed E-state index contributed by atoms with van der Waals surface area (Å²) in [5.41, 5.74) is 1.06. The Kier molecular flexibility index (Phi) is 5.03.